The Morgan fingerprint density at radius 3 is 2.16 bits per heavy atom. The van der Waals surface area contributed by atoms with Gasteiger partial charge in [-0.3, -0.25) is 0 Å². The second-order valence-electron chi connectivity index (χ2n) is 4.08. The van der Waals surface area contributed by atoms with Crippen LogP contribution in [0.1, 0.15) is 0 Å². The fourth-order valence-corrected chi connectivity index (χ4v) is 1.81. The van der Waals surface area contributed by atoms with Crippen molar-refractivity contribution < 1.29 is 4.74 Å². The first-order valence-corrected chi connectivity index (χ1v) is 5.96. The van der Waals surface area contributed by atoms with Crippen LogP contribution in [0, 0.1) is 0 Å². The Morgan fingerprint density at radius 1 is 0.842 bits per heavy atom. The molecule has 0 bridgehead atoms. The summed E-state index contributed by atoms with van der Waals surface area (Å²) < 4.78 is 7.39. The Hall–Kier alpha value is -2.75. The van der Waals surface area contributed by atoms with Gasteiger partial charge in [-0.05, 0) is 36.4 Å². The van der Waals surface area contributed by atoms with Crippen LogP contribution in [0.2, 0.25) is 0 Å². The Morgan fingerprint density at radius 2 is 1.53 bits per heavy atom. The standard InChI is InChI=1S/C15H13N3O/c16-15-10-11-17-18(15)12-6-8-14(9-7-12)19-13-4-2-1-3-5-13/h1-11H,16H2. The maximum Gasteiger partial charge on any atom is 0.127 e. The maximum absolute atomic E-state index is 5.80. The van der Waals surface area contributed by atoms with Crippen molar-refractivity contribution >= 4 is 5.82 Å². The molecule has 3 aromatic rings. The van der Waals surface area contributed by atoms with E-state index in [1.54, 1.807) is 16.9 Å². The molecular formula is C15H13N3O. The largest absolute Gasteiger partial charge is 0.457 e. The van der Waals surface area contributed by atoms with Crippen molar-refractivity contribution in [1.82, 2.24) is 9.78 Å². The molecule has 1 heterocycles. The fourth-order valence-electron chi connectivity index (χ4n) is 1.81. The molecule has 2 aromatic carbocycles. The van der Waals surface area contributed by atoms with Crippen molar-refractivity contribution in [2.75, 3.05) is 5.73 Å². The van der Waals surface area contributed by atoms with Gasteiger partial charge in [-0.25, -0.2) is 4.68 Å². The minimum Gasteiger partial charge on any atom is -0.457 e. The highest BCUT2D eigenvalue weighted by Crippen LogP contribution is 2.22. The number of anilines is 1. The highest BCUT2D eigenvalue weighted by atomic mass is 16.5. The van der Waals surface area contributed by atoms with Gasteiger partial charge in [0.15, 0.2) is 0 Å². The average molecular weight is 251 g/mol. The smallest absolute Gasteiger partial charge is 0.127 e. The molecule has 0 fully saturated rings. The van der Waals surface area contributed by atoms with Gasteiger partial charge < -0.3 is 10.5 Å². The van der Waals surface area contributed by atoms with Crippen molar-refractivity contribution in [3.63, 3.8) is 0 Å². The van der Waals surface area contributed by atoms with Gasteiger partial charge >= 0.3 is 0 Å². The number of aromatic nitrogens is 2. The van der Waals surface area contributed by atoms with Gasteiger partial charge in [0.25, 0.3) is 0 Å². The average Bonchev–Trinajstić information content (AvgIpc) is 2.87. The van der Waals surface area contributed by atoms with E-state index in [1.165, 1.54) is 0 Å². The van der Waals surface area contributed by atoms with Crippen LogP contribution in [0.25, 0.3) is 5.69 Å². The second kappa shape index (κ2) is 4.86. The van der Waals surface area contributed by atoms with Crippen LogP contribution < -0.4 is 10.5 Å². The molecule has 0 saturated heterocycles. The molecule has 19 heavy (non-hydrogen) atoms. The van der Waals surface area contributed by atoms with Gasteiger partial charge in [-0.1, -0.05) is 18.2 Å². The normalized spacial score (nSPS) is 10.3. The predicted molar refractivity (Wildman–Crippen MR) is 74.5 cm³/mol. The molecule has 0 aliphatic heterocycles. The van der Waals surface area contributed by atoms with Crippen LogP contribution in [0.4, 0.5) is 5.82 Å². The van der Waals surface area contributed by atoms with E-state index in [1.807, 2.05) is 54.6 Å². The van der Waals surface area contributed by atoms with Crippen LogP contribution in [-0.2, 0) is 0 Å². The van der Waals surface area contributed by atoms with Crippen molar-refractivity contribution in [2.24, 2.45) is 0 Å². The number of para-hydroxylation sites is 1. The molecule has 0 unspecified atom stereocenters. The zero-order valence-electron chi connectivity index (χ0n) is 10.2. The molecule has 1 aromatic heterocycles. The highest BCUT2D eigenvalue weighted by Gasteiger charge is 2.02. The Bertz CT molecular complexity index is 659. The molecule has 4 heteroatoms. The van der Waals surface area contributed by atoms with Crippen LogP contribution >= 0.6 is 0 Å². The third kappa shape index (κ3) is 2.42. The second-order valence-corrected chi connectivity index (χ2v) is 4.08. The molecular weight excluding hydrogens is 238 g/mol. The van der Waals surface area contributed by atoms with Crippen molar-refractivity contribution in [1.29, 1.82) is 0 Å². The number of benzene rings is 2. The van der Waals surface area contributed by atoms with E-state index in [-0.39, 0.29) is 0 Å². The maximum atomic E-state index is 5.80. The zero-order valence-corrected chi connectivity index (χ0v) is 10.2. The topological polar surface area (TPSA) is 53.1 Å². The van der Waals surface area contributed by atoms with Gasteiger partial charge in [0.1, 0.15) is 17.3 Å². The minimum atomic E-state index is 0.608. The van der Waals surface area contributed by atoms with Crippen LogP contribution in [0.5, 0.6) is 11.5 Å². The summed E-state index contributed by atoms with van der Waals surface area (Å²) in [4.78, 5) is 0. The molecule has 0 amide bonds. The van der Waals surface area contributed by atoms with Crippen LogP contribution in [0.3, 0.4) is 0 Å². The van der Waals surface area contributed by atoms with Crippen molar-refractivity contribution in [2.45, 2.75) is 0 Å². The number of hydrogen-bond acceptors (Lipinski definition) is 3. The zero-order chi connectivity index (χ0) is 13.1. The van der Waals surface area contributed by atoms with Gasteiger partial charge in [0, 0.05) is 6.07 Å². The molecule has 2 N–H and O–H groups in total. The number of ether oxygens (including phenoxy) is 1. The lowest BCUT2D eigenvalue weighted by Gasteiger charge is -2.07. The summed E-state index contributed by atoms with van der Waals surface area (Å²) in [5, 5.41) is 4.15. The molecule has 3 rings (SSSR count). The van der Waals surface area contributed by atoms with E-state index < -0.39 is 0 Å². The molecule has 0 spiro atoms. The van der Waals surface area contributed by atoms with E-state index in [2.05, 4.69) is 5.10 Å². The molecule has 94 valence electrons. The monoisotopic (exact) mass is 251 g/mol. The third-order valence-corrected chi connectivity index (χ3v) is 2.73. The lowest BCUT2D eigenvalue weighted by molar-refractivity contribution is 0.482. The Balaban J connectivity index is 1.82. The first-order valence-electron chi connectivity index (χ1n) is 5.96. The highest BCUT2D eigenvalue weighted by molar-refractivity contribution is 5.44. The Kier molecular flexibility index (Phi) is 2.90. The van der Waals surface area contributed by atoms with Gasteiger partial charge in [0.2, 0.25) is 0 Å². The summed E-state index contributed by atoms with van der Waals surface area (Å²) in [6.07, 6.45) is 1.67. The van der Waals surface area contributed by atoms with E-state index >= 15 is 0 Å². The van der Waals surface area contributed by atoms with E-state index in [0.717, 1.165) is 17.2 Å². The summed E-state index contributed by atoms with van der Waals surface area (Å²) in [5.74, 6) is 2.20. The number of nitrogens with zero attached hydrogens (tertiary/aromatic N) is 2. The molecule has 4 nitrogen and oxygen atoms in total. The van der Waals surface area contributed by atoms with Crippen molar-refractivity contribution in [3.8, 4) is 17.2 Å². The summed E-state index contributed by atoms with van der Waals surface area (Å²) in [7, 11) is 0. The summed E-state index contributed by atoms with van der Waals surface area (Å²) >= 11 is 0. The number of nitrogen functional groups attached to an aromatic ring is 1. The first-order chi connectivity index (χ1) is 9.33. The lowest BCUT2D eigenvalue weighted by atomic mass is 10.3. The van der Waals surface area contributed by atoms with Crippen LogP contribution in [0.15, 0.2) is 66.9 Å². The number of hydrogen-bond donors (Lipinski definition) is 1. The quantitative estimate of drug-likeness (QED) is 0.777. The molecule has 0 radical (unpaired) electrons. The fraction of sp³-hybridized carbons (Fsp3) is 0. The summed E-state index contributed by atoms with van der Waals surface area (Å²) in [6, 6.07) is 19.0. The van der Waals surface area contributed by atoms with E-state index in [0.29, 0.717) is 5.82 Å². The van der Waals surface area contributed by atoms with Gasteiger partial charge in [-0.15, -0.1) is 0 Å². The van der Waals surface area contributed by atoms with Crippen LogP contribution in [-0.4, -0.2) is 9.78 Å². The molecule has 0 aliphatic carbocycles. The molecule has 0 saturated carbocycles. The predicted octanol–water partition coefficient (Wildman–Crippen LogP) is 3.25. The lowest BCUT2D eigenvalue weighted by Crippen LogP contribution is -2.01. The first kappa shape index (κ1) is 11.3. The van der Waals surface area contributed by atoms with E-state index in [9.17, 15) is 0 Å². The SMILES string of the molecule is Nc1ccnn1-c1ccc(Oc2ccccc2)cc1. The number of nitrogens with two attached hydrogens (primary N) is 1. The minimum absolute atomic E-state index is 0.608. The summed E-state index contributed by atoms with van der Waals surface area (Å²) in [5.41, 5.74) is 6.71. The molecule has 0 atom stereocenters. The van der Waals surface area contributed by atoms with Gasteiger partial charge in [0.05, 0.1) is 11.9 Å². The Labute approximate surface area is 111 Å². The van der Waals surface area contributed by atoms with Gasteiger partial charge in [-0.2, -0.15) is 5.10 Å². The third-order valence-electron chi connectivity index (χ3n) is 2.73. The molecule has 0 aliphatic rings. The summed E-state index contributed by atoms with van der Waals surface area (Å²) in [6.45, 7) is 0. The number of rotatable bonds is 3. The van der Waals surface area contributed by atoms with Crippen molar-refractivity contribution in [3.05, 3.63) is 66.9 Å². The van der Waals surface area contributed by atoms with E-state index in [4.69, 9.17) is 10.5 Å².